The largest absolute Gasteiger partial charge is 0.384 e. The van der Waals surface area contributed by atoms with Crippen molar-refractivity contribution in [3.05, 3.63) is 35.9 Å². The average molecular weight is 249 g/mol. The van der Waals surface area contributed by atoms with Crippen molar-refractivity contribution in [3.8, 4) is 0 Å². The summed E-state index contributed by atoms with van der Waals surface area (Å²) in [4.78, 5) is 0. The summed E-state index contributed by atoms with van der Waals surface area (Å²) in [7, 11) is 1.78. The number of rotatable bonds is 8. The van der Waals surface area contributed by atoms with Crippen molar-refractivity contribution >= 4 is 0 Å². The maximum Gasteiger partial charge on any atom is 0.0546 e. The standard InChI is InChI=1S/C16H27NO/c1-5-11-17-16(13(2)3)15(12-18-4)14-9-7-6-8-10-14/h6-10,13,15-17H,5,11-12H2,1-4H3. The van der Waals surface area contributed by atoms with Crippen LogP contribution in [-0.2, 0) is 4.74 Å². The summed E-state index contributed by atoms with van der Waals surface area (Å²) < 4.78 is 5.43. The van der Waals surface area contributed by atoms with E-state index in [1.54, 1.807) is 7.11 Å². The first-order valence-electron chi connectivity index (χ1n) is 6.98. The van der Waals surface area contributed by atoms with E-state index in [1.165, 1.54) is 5.56 Å². The predicted molar refractivity (Wildman–Crippen MR) is 78.0 cm³/mol. The van der Waals surface area contributed by atoms with E-state index in [2.05, 4.69) is 56.4 Å². The van der Waals surface area contributed by atoms with E-state index >= 15 is 0 Å². The maximum atomic E-state index is 5.43. The second kappa shape index (κ2) is 8.28. The van der Waals surface area contributed by atoms with Gasteiger partial charge in [-0.05, 0) is 24.4 Å². The van der Waals surface area contributed by atoms with Gasteiger partial charge in [0.05, 0.1) is 6.61 Å². The zero-order chi connectivity index (χ0) is 13.4. The van der Waals surface area contributed by atoms with Gasteiger partial charge in [-0.25, -0.2) is 0 Å². The summed E-state index contributed by atoms with van der Waals surface area (Å²) >= 11 is 0. The third-order valence-electron chi connectivity index (χ3n) is 3.36. The third kappa shape index (κ3) is 4.43. The van der Waals surface area contributed by atoms with E-state index in [9.17, 15) is 0 Å². The van der Waals surface area contributed by atoms with Crippen LogP contribution in [0.4, 0.5) is 0 Å². The molecule has 2 unspecified atom stereocenters. The molecule has 0 aliphatic heterocycles. The second-order valence-corrected chi connectivity index (χ2v) is 5.20. The van der Waals surface area contributed by atoms with Crippen LogP contribution >= 0.6 is 0 Å². The van der Waals surface area contributed by atoms with Crippen LogP contribution in [0.15, 0.2) is 30.3 Å². The van der Waals surface area contributed by atoms with E-state index in [1.807, 2.05) is 0 Å². The fourth-order valence-corrected chi connectivity index (χ4v) is 2.44. The van der Waals surface area contributed by atoms with Crippen molar-refractivity contribution in [2.45, 2.75) is 39.2 Å². The highest BCUT2D eigenvalue weighted by Crippen LogP contribution is 2.24. The molecule has 0 amide bonds. The quantitative estimate of drug-likeness (QED) is 0.762. The van der Waals surface area contributed by atoms with Crippen LogP contribution in [0.3, 0.4) is 0 Å². The average Bonchev–Trinajstić information content (AvgIpc) is 2.38. The number of benzene rings is 1. The van der Waals surface area contributed by atoms with Gasteiger partial charge in [-0.3, -0.25) is 0 Å². The highest BCUT2D eigenvalue weighted by Gasteiger charge is 2.25. The molecule has 0 aliphatic carbocycles. The van der Waals surface area contributed by atoms with Crippen molar-refractivity contribution in [1.29, 1.82) is 0 Å². The van der Waals surface area contributed by atoms with Crippen molar-refractivity contribution in [1.82, 2.24) is 5.32 Å². The molecule has 1 rings (SSSR count). The Morgan fingerprint density at radius 3 is 2.33 bits per heavy atom. The summed E-state index contributed by atoms with van der Waals surface area (Å²) in [6.07, 6.45) is 1.16. The van der Waals surface area contributed by atoms with E-state index in [4.69, 9.17) is 4.74 Å². The number of hydrogen-bond acceptors (Lipinski definition) is 2. The fraction of sp³-hybridized carbons (Fsp3) is 0.625. The number of ether oxygens (including phenoxy) is 1. The molecule has 1 aromatic rings. The van der Waals surface area contributed by atoms with Crippen LogP contribution < -0.4 is 5.32 Å². The molecule has 0 saturated heterocycles. The lowest BCUT2D eigenvalue weighted by Crippen LogP contribution is -2.41. The van der Waals surface area contributed by atoms with Gasteiger partial charge in [0.1, 0.15) is 0 Å². The molecule has 0 aromatic heterocycles. The van der Waals surface area contributed by atoms with Crippen LogP contribution in [0.1, 0.15) is 38.7 Å². The zero-order valence-electron chi connectivity index (χ0n) is 12.1. The lowest BCUT2D eigenvalue weighted by Gasteiger charge is -2.31. The Bertz CT molecular complexity index is 310. The summed E-state index contributed by atoms with van der Waals surface area (Å²) in [5.41, 5.74) is 1.36. The lowest BCUT2D eigenvalue weighted by molar-refractivity contribution is 0.152. The Morgan fingerprint density at radius 2 is 1.83 bits per heavy atom. The Hall–Kier alpha value is -0.860. The lowest BCUT2D eigenvalue weighted by atomic mass is 9.85. The maximum absolute atomic E-state index is 5.43. The normalized spacial score (nSPS) is 14.7. The topological polar surface area (TPSA) is 21.3 Å². The molecule has 0 spiro atoms. The monoisotopic (exact) mass is 249 g/mol. The molecule has 1 aromatic carbocycles. The fourth-order valence-electron chi connectivity index (χ4n) is 2.44. The Labute approximate surface area is 112 Å². The summed E-state index contributed by atoms with van der Waals surface area (Å²) in [5, 5.41) is 3.67. The van der Waals surface area contributed by atoms with Gasteiger partial charge < -0.3 is 10.1 Å². The van der Waals surface area contributed by atoms with Gasteiger partial charge >= 0.3 is 0 Å². The number of methoxy groups -OCH3 is 1. The minimum absolute atomic E-state index is 0.419. The molecule has 0 heterocycles. The Kier molecular flexibility index (Phi) is 6.99. The van der Waals surface area contributed by atoms with Gasteiger partial charge in [-0.1, -0.05) is 51.1 Å². The molecule has 2 heteroatoms. The first-order valence-corrected chi connectivity index (χ1v) is 6.98. The molecule has 18 heavy (non-hydrogen) atoms. The van der Waals surface area contributed by atoms with Crippen molar-refractivity contribution in [2.75, 3.05) is 20.3 Å². The SMILES string of the molecule is CCCNC(C(C)C)C(COC)c1ccccc1. The van der Waals surface area contributed by atoms with Gasteiger partial charge in [0.2, 0.25) is 0 Å². The van der Waals surface area contributed by atoms with Crippen molar-refractivity contribution in [3.63, 3.8) is 0 Å². The van der Waals surface area contributed by atoms with Crippen LogP contribution in [0, 0.1) is 5.92 Å². The molecular formula is C16H27NO. The van der Waals surface area contributed by atoms with Crippen LogP contribution in [0.5, 0.6) is 0 Å². The van der Waals surface area contributed by atoms with Gasteiger partial charge in [0.25, 0.3) is 0 Å². The molecule has 0 fully saturated rings. The molecule has 1 N–H and O–H groups in total. The summed E-state index contributed by atoms with van der Waals surface area (Å²) in [5.74, 6) is 1.01. The van der Waals surface area contributed by atoms with Crippen LogP contribution in [-0.4, -0.2) is 26.3 Å². The van der Waals surface area contributed by atoms with Crippen molar-refractivity contribution < 1.29 is 4.74 Å². The minimum atomic E-state index is 0.419. The number of nitrogens with one attached hydrogen (secondary N) is 1. The third-order valence-corrected chi connectivity index (χ3v) is 3.36. The Balaban J connectivity index is 2.86. The van der Waals surface area contributed by atoms with Gasteiger partial charge in [-0.15, -0.1) is 0 Å². The second-order valence-electron chi connectivity index (χ2n) is 5.20. The highest BCUT2D eigenvalue weighted by atomic mass is 16.5. The summed E-state index contributed by atoms with van der Waals surface area (Å²) in [6, 6.07) is 11.1. The molecule has 0 saturated carbocycles. The van der Waals surface area contributed by atoms with Crippen LogP contribution in [0.2, 0.25) is 0 Å². The van der Waals surface area contributed by atoms with Crippen molar-refractivity contribution in [2.24, 2.45) is 5.92 Å². The molecule has 2 nitrogen and oxygen atoms in total. The highest BCUT2D eigenvalue weighted by molar-refractivity contribution is 5.21. The smallest absolute Gasteiger partial charge is 0.0546 e. The van der Waals surface area contributed by atoms with Gasteiger partial charge in [-0.2, -0.15) is 0 Å². The van der Waals surface area contributed by atoms with E-state index in [-0.39, 0.29) is 0 Å². The Morgan fingerprint density at radius 1 is 1.17 bits per heavy atom. The minimum Gasteiger partial charge on any atom is -0.384 e. The van der Waals surface area contributed by atoms with E-state index in [0.717, 1.165) is 19.6 Å². The molecule has 0 aliphatic rings. The number of hydrogen-bond donors (Lipinski definition) is 1. The summed E-state index contributed by atoms with van der Waals surface area (Å²) in [6.45, 7) is 8.59. The first kappa shape index (κ1) is 15.2. The first-order chi connectivity index (χ1) is 8.70. The molecule has 102 valence electrons. The van der Waals surface area contributed by atoms with E-state index in [0.29, 0.717) is 17.9 Å². The van der Waals surface area contributed by atoms with Gasteiger partial charge in [0.15, 0.2) is 0 Å². The predicted octanol–water partition coefficient (Wildman–Crippen LogP) is 3.44. The molecule has 0 bridgehead atoms. The van der Waals surface area contributed by atoms with Crippen LogP contribution in [0.25, 0.3) is 0 Å². The van der Waals surface area contributed by atoms with Gasteiger partial charge in [0, 0.05) is 19.1 Å². The van der Waals surface area contributed by atoms with E-state index < -0.39 is 0 Å². The molecule has 0 radical (unpaired) electrons. The zero-order valence-corrected chi connectivity index (χ0v) is 12.1. The molecule has 2 atom stereocenters. The molecular weight excluding hydrogens is 222 g/mol.